The molecule has 9 heteroatoms. The van der Waals surface area contributed by atoms with Gasteiger partial charge in [-0.1, -0.05) is 25.4 Å². The Hall–Kier alpha value is -2.22. The number of nitrogens with zero attached hydrogens (tertiary/aromatic N) is 2. The maximum Gasteiger partial charge on any atom is 0.436 e. The molecule has 0 aliphatic rings. The Morgan fingerprint density at radius 1 is 1.36 bits per heavy atom. The molecule has 25 heavy (non-hydrogen) atoms. The first-order chi connectivity index (χ1) is 11.4. The van der Waals surface area contributed by atoms with Crippen LogP contribution in [0.25, 0.3) is 0 Å². The average Bonchev–Trinajstić information content (AvgIpc) is 2.76. The van der Waals surface area contributed by atoms with Crippen LogP contribution >= 0.6 is 11.6 Å². The highest BCUT2D eigenvalue weighted by Crippen LogP contribution is 2.36. The summed E-state index contributed by atoms with van der Waals surface area (Å²) in [5, 5.41) is 15.0. The van der Waals surface area contributed by atoms with Gasteiger partial charge in [-0.15, -0.1) is 0 Å². The van der Waals surface area contributed by atoms with Crippen molar-refractivity contribution in [3.05, 3.63) is 39.7 Å². The van der Waals surface area contributed by atoms with Crippen molar-refractivity contribution in [3.63, 3.8) is 0 Å². The maximum atomic E-state index is 12.9. The summed E-state index contributed by atoms with van der Waals surface area (Å²) in [7, 11) is 1.21. The van der Waals surface area contributed by atoms with Gasteiger partial charge in [0.05, 0.1) is 0 Å². The summed E-state index contributed by atoms with van der Waals surface area (Å²) in [5.41, 5.74) is -0.172. The summed E-state index contributed by atoms with van der Waals surface area (Å²) in [5.74, 6) is -0.740. The van der Waals surface area contributed by atoms with Crippen molar-refractivity contribution < 1.29 is 23.1 Å². The highest BCUT2D eigenvalue weighted by Gasteiger charge is 2.39. The predicted octanol–water partition coefficient (Wildman–Crippen LogP) is 4.48. The molecule has 2 N–H and O–H groups in total. The molecule has 136 valence electrons. The molecule has 2 rings (SSSR count). The lowest BCUT2D eigenvalue weighted by molar-refractivity contribution is -0.141. The second-order valence-corrected chi connectivity index (χ2v) is 6.35. The fourth-order valence-electron chi connectivity index (χ4n) is 2.41. The molecule has 0 aliphatic carbocycles. The van der Waals surface area contributed by atoms with E-state index in [9.17, 15) is 23.1 Å². The lowest BCUT2D eigenvalue weighted by Gasteiger charge is -2.14. The molecule has 1 aromatic carbocycles. The van der Waals surface area contributed by atoms with E-state index in [4.69, 9.17) is 11.6 Å². The molecule has 0 unspecified atom stereocenters. The number of phenols is 1. The minimum absolute atomic E-state index is 0.00613. The number of aryl methyl sites for hydroxylation is 2. The number of hydrogen-bond acceptors (Lipinski definition) is 3. The molecule has 0 spiro atoms. The van der Waals surface area contributed by atoms with E-state index in [1.807, 2.05) is 13.8 Å². The van der Waals surface area contributed by atoms with E-state index >= 15 is 0 Å². The summed E-state index contributed by atoms with van der Waals surface area (Å²) in [6.07, 6.45) is -4.76. The van der Waals surface area contributed by atoms with Crippen LogP contribution in [0.5, 0.6) is 5.75 Å². The van der Waals surface area contributed by atoms with Crippen LogP contribution in [0.3, 0.4) is 0 Å². The fourth-order valence-corrected chi connectivity index (χ4v) is 2.77. The van der Waals surface area contributed by atoms with Crippen molar-refractivity contribution >= 4 is 23.2 Å². The molecule has 5 nitrogen and oxygen atoms in total. The number of phenolic OH excluding ortho intramolecular Hbond substituents is 1. The van der Waals surface area contributed by atoms with Crippen LogP contribution in [-0.2, 0) is 13.2 Å². The number of nitrogens with one attached hydrogen (secondary N) is 1. The van der Waals surface area contributed by atoms with E-state index in [-0.39, 0.29) is 11.7 Å². The van der Waals surface area contributed by atoms with Gasteiger partial charge in [0, 0.05) is 12.7 Å². The lowest BCUT2D eigenvalue weighted by atomic mass is 9.99. The SMILES string of the molecule is Cc1cc(O)c(C(C)C)cc1NC(=O)c1c(Cl)c(C(F)(F)F)nn1C. The Morgan fingerprint density at radius 2 is 1.96 bits per heavy atom. The van der Waals surface area contributed by atoms with E-state index in [1.165, 1.54) is 13.1 Å². The Morgan fingerprint density at radius 3 is 2.44 bits per heavy atom. The van der Waals surface area contributed by atoms with Gasteiger partial charge in [-0.3, -0.25) is 9.48 Å². The van der Waals surface area contributed by atoms with Crippen molar-refractivity contribution in [2.75, 3.05) is 5.32 Å². The Bertz CT molecular complexity index is 829. The van der Waals surface area contributed by atoms with E-state index < -0.39 is 28.5 Å². The first-order valence-electron chi connectivity index (χ1n) is 7.38. The zero-order chi connectivity index (χ0) is 19.1. The molecule has 0 saturated heterocycles. The summed E-state index contributed by atoms with van der Waals surface area (Å²) in [6.45, 7) is 5.39. The van der Waals surface area contributed by atoms with Gasteiger partial charge >= 0.3 is 6.18 Å². The van der Waals surface area contributed by atoms with E-state index in [2.05, 4.69) is 10.4 Å². The van der Waals surface area contributed by atoms with Crippen LogP contribution in [0, 0.1) is 6.92 Å². The molecule has 0 saturated carbocycles. The van der Waals surface area contributed by atoms with Gasteiger partial charge in [0.25, 0.3) is 5.91 Å². The molecule has 1 heterocycles. The summed E-state index contributed by atoms with van der Waals surface area (Å²) >= 11 is 5.72. The second kappa shape index (κ2) is 6.59. The molecule has 0 atom stereocenters. The molecule has 0 aliphatic heterocycles. The van der Waals surface area contributed by atoms with Gasteiger partial charge in [0.2, 0.25) is 0 Å². The molecular weight excluding hydrogens is 359 g/mol. The summed E-state index contributed by atoms with van der Waals surface area (Å²) in [6, 6.07) is 3.07. The molecule has 0 bridgehead atoms. The van der Waals surface area contributed by atoms with Crippen molar-refractivity contribution in [2.45, 2.75) is 32.9 Å². The number of anilines is 1. The highest BCUT2D eigenvalue weighted by molar-refractivity contribution is 6.34. The third-order valence-electron chi connectivity index (χ3n) is 3.72. The lowest BCUT2D eigenvalue weighted by Crippen LogP contribution is -2.17. The van der Waals surface area contributed by atoms with E-state index in [1.54, 1.807) is 13.0 Å². The van der Waals surface area contributed by atoms with E-state index in [0.29, 0.717) is 16.8 Å². The number of alkyl halides is 3. The van der Waals surface area contributed by atoms with Gasteiger partial charge in [-0.2, -0.15) is 18.3 Å². The van der Waals surface area contributed by atoms with Crippen LogP contribution < -0.4 is 5.32 Å². The van der Waals surface area contributed by atoms with Crippen LogP contribution in [0.2, 0.25) is 5.02 Å². The zero-order valence-electron chi connectivity index (χ0n) is 14.0. The maximum absolute atomic E-state index is 12.9. The summed E-state index contributed by atoms with van der Waals surface area (Å²) in [4.78, 5) is 12.4. The third-order valence-corrected chi connectivity index (χ3v) is 4.07. The number of aromatic nitrogens is 2. The monoisotopic (exact) mass is 375 g/mol. The van der Waals surface area contributed by atoms with Crippen LogP contribution in [0.4, 0.5) is 18.9 Å². The molecule has 1 aromatic heterocycles. The van der Waals surface area contributed by atoms with Gasteiger partial charge in [-0.05, 0) is 36.1 Å². The number of amides is 1. The fraction of sp³-hybridized carbons (Fsp3) is 0.375. The zero-order valence-corrected chi connectivity index (χ0v) is 14.7. The van der Waals surface area contributed by atoms with Crippen LogP contribution in [-0.4, -0.2) is 20.8 Å². The van der Waals surface area contributed by atoms with Crippen LogP contribution in [0.1, 0.15) is 47.1 Å². The first kappa shape index (κ1) is 19.1. The Labute approximate surface area is 147 Å². The Kier molecular flexibility index (Phi) is 5.04. The van der Waals surface area contributed by atoms with Gasteiger partial charge < -0.3 is 10.4 Å². The number of carbonyl (C=O) groups excluding carboxylic acids is 1. The normalized spacial score (nSPS) is 11.9. The van der Waals surface area contributed by atoms with E-state index in [0.717, 1.165) is 4.68 Å². The smallest absolute Gasteiger partial charge is 0.436 e. The van der Waals surface area contributed by atoms with Crippen molar-refractivity contribution in [3.8, 4) is 5.75 Å². The topological polar surface area (TPSA) is 67.2 Å². The minimum Gasteiger partial charge on any atom is -0.508 e. The molecule has 0 radical (unpaired) electrons. The average molecular weight is 376 g/mol. The molecular formula is C16H17ClF3N3O2. The number of rotatable bonds is 3. The van der Waals surface area contributed by atoms with Gasteiger partial charge in [0.1, 0.15) is 16.5 Å². The van der Waals surface area contributed by atoms with Crippen molar-refractivity contribution in [1.82, 2.24) is 9.78 Å². The summed E-state index contributed by atoms with van der Waals surface area (Å²) < 4.78 is 39.4. The number of carbonyl (C=O) groups is 1. The standard InChI is InChI=1S/C16H17ClF3N3O2/c1-7(2)9-6-10(8(3)5-11(9)24)21-15(25)13-12(17)14(16(18,19)20)22-23(13)4/h5-7,24H,1-4H3,(H,21,25). The molecule has 0 fully saturated rings. The quantitative estimate of drug-likeness (QED) is 0.777. The molecule has 1 amide bonds. The number of aromatic hydroxyl groups is 1. The largest absolute Gasteiger partial charge is 0.508 e. The number of halogens is 4. The third kappa shape index (κ3) is 3.73. The number of hydrogen-bond donors (Lipinski definition) is 2. The predicted molar refractivity (Wildman–Crippen MR) is 88.1 cm³/mol. The first-order valence-corrected chi connectivity index (χ1v) is 7.75. The van der Waals surface area contributed by atoms with Gasteiger partial charge in [0.15, 0.2) is 5.69 Å². The highest BCUT2D eigenvalue weighted by atomic mass is 35.5. The van der Waals surface area contributed by atoms with Crippen molar-refractivity contribution in [2.24, 2.45) is 7.05 Å². The van der Waals surface area contributed by atoms with Crippen molar-refractivity contribution in [1.29, 1.82) is 0 Å². The Balaban J connectivity index is 2.42. The molecule has 2 aromatic rings. The minimum atomic E-state index is -4.76. The van der Waals surface area contributed by atoms with Crippen LogP contribution in [0.15, 0.2) is 12.1 Å². The number of benzene rings is 1. The second-order valence-electron chi connectivity index (χ2n) is 5.97. The van der Waals surface area contributed by atoms with Gasteiger partial charge in [-0.25, -0.2) is 0 Å².